The minimum absolute atomic E-state index is 0.0150. The maximum Gasteiger partial charge on any atom is 0.389 e. The van der Waals surface area contributed by atoms with Gasteiger partial charge in [-0.15, -0.1) is 0 Å². The Kier molecular flexibility index (Phi) is 9.97. The molecule has 3 aromatic carbocycles. The first-order chi connectivity index (χ1) is 18.5. The number of nitrogen functional groups attached to an aromatic ring is 2. The number of alkyl halides is 3. The molecule has 0 fully saturated rings. The molecule has 3 rings (SSSR count). The van der Waals surface area contributed by atoms with Crippen LogP contribution in [0.1, 0.15) is 47.2 Å². The Morgan fingerprint density at radius 2 is 1.56 bits per heavy atom. The van der Waals surface area contributed by atoms with E-state index in [4.69, 9.17) is 20.9 Å². The number of hydrogen-bond acceptors (Lipinski definition) is 6. The number of aryl methyl sites for hydroxylation is 1. The van der Waals surface area contributed by atoms with Crippen LogP contribution in [0.25, 0.3) is 6.08 Å². The number of esters is 1. The van der Waals surface area contributed by atoms with Gasteiger partial charge in [0.05, 0.1) is 12.2 Å². The van der Waals surface area contributed by atoms with Crippen LogP contribution in [0.3, 0.4) is 0 Å². The van der Waals surface area contributed by atoms with Crippen LogP contribution in [-0.2, 0) is 11.2 Å². The number of rotatable bonds is 12. The van der Waals surface area contributed by atoms with E-state index in [9.17, 15) is 27.9 Å². The quantitative estimate of drug-likeness (QED) is 0.0808. The van der Waals surface area contributed by atoms with Crippen molar-refractivity contribution in [1.82, 2.24) is 0 Å². The van der Waals surface area contributed by atoms with Crippen molar-refractivity contribution in [2.75, 3.05) is 18.1 Å². The van der Waals surface area contributed by atoms with Crippen LogP contribution in [0.2, 0.25) is 0 Å². The van der Waals surface area contributed by atoms with Crippen LogP contribution < -0.4 is 20.9 Å². The smallest absolute Gasteiger partial charge is 0.389 e. The fraction of sp³-hybridized carbons (Fsp3) is 0.241. The van der Waals surface area contributed by atoms with Crippen molar-refractivity contribution in [3.63, 3.8) is 0 Å². The number of carboxylic acids is 1. The highest BCUT2D eigenvalue weighted by atomic mass is 19.4. The molecule has 206 valence electrons. The molecule has 0 saturated carbocycles. The number of aliphatic carboxylic acids is 1. The summed E-state index contributed by atoms with van der Waals surface area (Å²) < 4.78 is 47.3. The van der Waals surface area contributed by atoms with Gasteiger partial charge in [0.15, 0.2) is 0 Å². The molecular weight excluding hydrogens is 513 g/mol. The largest absolute Gasteiger partial charge is 0.494 e. The number of benzene rings is 3. The van der Waals surface area contributed by atoms with Crippen molar-refractivity contribution in [1.29, 1.82) is 0 Å². The number of unbranched alkanes of at least 4 members (excludes halogenated alkanes) is 1. The molecule has 0 heterocycles. The van der Waals surface area contributed by atoms with E-state index in [0.29, 0.717) is 29.1 Å². The Morgan fingerprint density at radius 1 is 0.897 bits per heavy atom. The van der Waals surface area contributed by atoms with Gasteiger partial charge in [0, 0.05) is 23.4 Å². The molecule has 0 aliphatic carbocycles. The van der Waals surface area contributed by atoms with Crippen LogP contribution in [0.4, 0.5) is 24.5 Å². The van der Waals surface area contributed by atoms with Crippen LogP contribution >= 0.6 is 0 Å². The molecule has 0 aliphatic heterocycles. The summed E-state index contributed by atoms with van der Waals surface area (Å²) in [7, 11) is 0. The zero-order valence-corrected chi connectivity index (χ0v) is 21.0. The third-order valence-corrected chi connectivity index (χ3v) is 5.75. The first-order valence-corrected chi connectivity index (χ1v) is 12.2. The molecule has 0 saturated heterocycles. The fourth-order valence-electron chi connectivity index (χ4n) is 3.66. The number of anilines is 2. The van der Waals surface area contributed by atoms with Crippen LogP contribution in [0, 0.1) is 0 Å². The number of carboxylic acid groups (broad SMARTS) is 1. The first-order valence-electron chi connectivity index (χ1n) is 12.2. The minimum atomic E-state index is -4.17. The average molecular weight is 543 g/mol. The molecule has 0 atom stereocenters. The molecular formula is C29H29F3N2O5. The van der Waals surface area contributed by atoms with E-state index in [1.54, 1.807) is 60.7 Å². The Hall–Kier alpha value is -4.47. The van der Waals surface area contributed by atoms with E-state index >= 15 is 0 Å². The highest BCUT2D eigenvalue weighted by molar-refractivity contribution is 5.92. The molecule has 39 heavy (non-hydrogen) atoms. The molecule has 0 aliphatic rings. The van der Waals surface area contributed by atoms with Crippen LogP contribution in [0.5, 0.6) is 11.5 Å². The average Bonchev–Trinajstić information content (AvgIpc) is 2.87. The predicted molar refractivity (Wildman–Crippen MR) is 142 cm³/mol. The Morgan fingerprint density at radius 3 is 2.18 bits per heavy atom. The number of halogens is 3. The highest BCUT2D eigenvalue weighted by Gasteiger charge is 2.25. The van der Waals surface area contributed by atoms with Crippen LogP contribution in [-0.4, -0.2) is 29.8 Å². The van der Waals surface area contributed by atoms with Gasteiger partial charge in [-0.3, -0.25) is 0 Å². The molecule has 10 heteroatoms. The van der Waals surface area contributed by atoms with Crippen molar-refractivity contribution in [2.24, 2.45) is 0 Å². The van der Waals surface area contributed by atoms with Gasteiger partial charge in [-0.2, -0.15) is 13.2 Å². The lowest BCUT2D eigenvalue weighted by atomic mass is 10.0. The van der Waals surface area contributed by atoms with E-state index in [1.165, 1.54) is 12.1 Å². The van der Waals surface area contributed by atoms with Crippen molar-refractivity contribution in [3.05, 3.63) is 89.0 Å². The van der Waals surface area contributed by atoms with Gasteiger partial charge < -0.3 is 26.0 Å². The van der Waals surface area contributed by atoms with Gasteiger partial charge in [-0.25, -0.2) is 9.59 Å². The van der Waals surface area contributed by atoms with Gasteiger partial charge in [-0.1, -0.05) is 18.2 Å². The SMILES string of the molecule is Nc1ccc(CCC(=Cc2ccc(OC(=O)c3ccc(OCCCCC(F)(F)F)cc3)cc2)C(=O)O)c(N)c1. The van der Waals surface area contributed by atoms with Gasteiger partial charge in [0.2, 0.25) is 0 Å². The number of carbonyl (C=O) groups excluding carboxylic acids is 1. The van der Waals surface area contributed by atoms with Gasteiger partial charge in [0.1, 0.15) is 11.5 Å². The highest BCUT2D eigenvalue weighted by Crippen LogP contribution is 2.23. The van der Waals surface area contributed by atoms with Gasteiger partial charge >= 0.3 is 18.1 Å². The summed E-state index contributed by atoms with van der Waals surface area (Å²) in [6.07, 6.45) is -2.54. The third-order valence-electron chi connectivity index (χ3n) is 5.75. The monoisotopic (exact) mass is 542 g/mol. The third kappa shape index (κ3) is 9.73. The lowest BCUT2D eigenvalue weighted by Gasteiger charge is -2.09. The molecule has 0 aromatic heterocycles. The number of carbonyl (C=O) groups is 2. The van der Waals surface area contributed by atoms with Crippen molar-refractivity contribution in [2.45, 2.75) is 38.3 Å². The molecule has 0 unspecified atom stereocenters. The maximum atomic E-state index is 12.5. The molecule has 0 amide bonds. The Labute approximate surface area is 223 Å². The van der Waals surface area contributed by atoms with Crippen molar-refractivity contribution >= 4 is 29.4 Å². The second-order valence-electron chi connectivity index (χ2n) is 8.84. The fourth-order valence-corrected chi connectivity index (χ4v) is 3.66. The minimum Gasteiger partial charge on any atom is -0.494 e. The second-order valence-corrected chi connectivity index (χ2v) is 8.84. The zero-order valence-electron chi connectivity index (χ0n) is 21.0. The summed E-state index contributed by atoms with van der Waals surface area (Å²) in [6.45, 7) is 0.139. The number of ether oxygens (including phenoxy) is 2. The standard InChI is InChI=1S/C29H29F3N2O5/c30-29(31,32)15-1-2-16-38-24-13-8-21(9-14-24)28(37)39-25-11-3-19(4-12-25)17-22(27(35)36)6-5-20-7-10-23(33)18-26(20)34/h3-4,7-14,17-18H,1-2,5-6,15-16,33-34H2,(H,35,36). The van der Waals surface area contributed by atoms with E-state index in [2.05, 4.69) is 0 Å². The maximum absolute atomic E-state index is 12.5. The topological polar surface area (TPSA) is 125 Å². The Bertz CT molecular complexity index is 1300. The van der Waals surface area contributed by atoms with E-state index in [-0.39, 0.29) is 42.8 Å². The zero-order chi connectivity index (χ0) is 28.4. The van der Waals surface area contributed by atoms with E-state index < -0.39 is 24.5 Å². The summed E-state index contributed by atoms with van der Waals surface area (Å²) in [5.74, 6) is -0.952. The predicted octanol–water partition coefficient (Wildman–Crippen LogP) is 6.28. The molecule has 7 nitrogen and oxygen atoms in total. The molecule has 0 radical (unpaired) electrons. The molecule has 5 N–H and O–H groups in total. The van der Waals surface area contributed by atoms with E-state index in [0.717, 1.165) is 5.56 Å². The lowest BCUT2D eigenvalue weighted by Crippen LogP contribution is -2.09. The van der Waals surface area contributed by atoms with Crippen molar-refractivity contribution < 1.29 is 37.3 Å². The second kappa shape index (κ2) is 13.4. The molecule has 0 bridgehead atoms. The molecule has 3 aromatic rings. The summed E-state index contributed by atoms with van der Waals surface area (Å²) in [5, 5.41) is 9.61. The van der Waals surface area contributed by atoms with Crippen molar-refractivity contribution in [3.8, 4) is 11.5 Å². The van der Waals surface area contributed by atoms with Gasteiger partial charge in [0.25, 0.3) is 0 Å². The lowest BCUT2D eigenvalue weighted by molar-refractivity contribution is -0.136. The van der Waals surface area contributed by atoms with Crippen LogP contribution in [0.15, 0.2) is 72.3 Å². The normalized spacial score (nSPS) is 11.7. The number of nitrogens with two attached hydrogens (primary N) is 2. The summed E-state index contributed by atoms with van der Waals surface area (Å²) in [5.41, 5.74) is 14.6. The molecule has 0 spiro atoms. The number of hydrogen-bond donors (Lipinski definition) is 3. The first kappa shape index (κ1) is 29.1. The summed E-state index contributed by atoms with van der Waals surface area (Å²) in [6, 6.07) is 17.6. The summed E-state index contributed by atoms with van der Waals surface area (Å²) >= 11 is 0. The Balaban J connectivity index is 1.53. The van der Waals surface area contributed by atoms with Gasteiger partial charge in [-0.05, 0) is 91.4 Å². The summed E-state index contributed by atoms with van der Waals surface area (Å²) in [4.78, 5) is 24.2. The van der Waals surface area contributed by atoms with E-state index in [1.807, 2.05) is 0 Å².